The van der Waals surface area contributed by atoms with E-state index in [1.165, 1.54) is 14.2 Å². The van der Waals surface area contributed by atoms with Crippen LogP contribution in [0.5, 0.6) is 11.5 Å². The van der Waals surface area contributed by atoms with Gasteiger partial charge < -0.3 is 9.47 Å². The first kappa shape index (κ1) is 19.6. The Labute approximate surface area is 170 Å². The normalized spacial score (nSPS) is 15.6. The molecule has 1 aliphatic rings. The lowest BCUT2D eigenvalue weighted by Crippen LogP contribution is -2.27. The third kappa shape index (κ3) is 4.08. The molecule has 27 heavy (non-hydrogen) atoms. The van der Waals surface area contributed by atoms with Crippen molar-refractivity contribution >= 4 is 52.2 Å². The second-order valence-corrected chi connectivity index (χ2v) is 7.40. The first-order chi connectivity index (χ1) is 12.9. The van der Waals surface area contributed by atoms with Crippen LogP contribution in [-0.2, 0) is 11.3 Å². The number of nitrogens with zero attached hydrogens (tertiary/aromatic N) is 1. The first-order valence-electron chi connectivity index (χ1n) is 7.85. The van der Waals surface area contributed by atoms with Gasteiger partial charge in [0.1, 0.15) is 0 Å². The molecule has 0 saturated carbocycles. The van der Waals surface area contributed by atoms with E-state index >= 15 is 0 Å². The second kappa shape index (κ2) is 8.25. The summed E-state index contributed by atoms with van der Waals surface area (Å²) in [7, 11) is 3.01. The Morgan fingerprint density at radius 2 is 1.70 bits per heavy atom. The molecule has 0 aromatic heterocycles. The molecule has 8 heteroatoms. The molecule has 0 radical (unpaired) electrons. The predicted octanol–water partition coefficient (Wildman–Crippen LogP) is 5.25. The molecule has 3 rings (SSSR count). The van der Waals surface area contributed by atoms with Crippen LogP contribution in [0.1, 0.15) is 11.1 Å². The predicted molar refractivity (Wildman–Crippen MR) is 108 cm³/mol. The number of hydrogen-bond acceptors (Lipinski definition) is 5. The van der Waals surface area contributed by atoms with Crippen molar-refractivity contribution in [3.05, 3.63) is 62.5 Å². The molecule has 1 saturated heterocycles. The van der Waals surface area contributed by atoms with Crippen LogP contribution in [0.4, 0.5) is 4.79 Å². The van der Waals surface area contributed by atoms with Crippen LogP contribution in [0, 0.1) is 0 Å². The number of rotatable bonds is 5. The van der Waals surface area contributed by atoms with E-state index in [2.05, 4.69) is 0 Å². The van der Waals surface area contributed by atoms with Crippen molar-refractivity contribution < 1.29 is 19.1 Å². The van der Waals surface area contributed by atoms with Crippen LogP contribution in [0.2, 0.25) is 10.0 Å². The van der Waals surface area contributed by atoms with E-state index in [1.807, 2.05) is 0 Å². The third-order valence-electron chi connectivity index (χ3n) is 3.95. The monoisotopic (exact) mass is 423 g/mol. The minimum atomic E-state index is -0.393. The van der Waals surface area contributed by atoms with Gasteiger partial charge in [0.05, 0.1) is 30.7 Å². The fraction of sp³-hybridized carbons (Fsp3) is 0.158. The Kier molecular flexibility index (Phi) is 5.99. The van der Waals surface area contributed by atoms with Crippen LogP contribution in [0.25, 0.3) is 6.08 Å². The second-order valence-electron chi connectivity index (χ2n) is 5.59. The van der Waals surface area contributed by atoms with Gasteiger partial charge in [-0.25, -0.2) is 0 Å². The molecule has 0 spiro atoms. The summed E-state index contributed by atoms with van der Waals surface area (Å²) in [4.78, 5) is 26.5. The highest BCUT2D eigenvalue weighted by atomic mass is 35.5. The minimum absolute atomic E-state index is 0.112. The van der Waals surface area contributed by atoms with Crippen molar-refractivity contribution in [3.63, 3.8) is 0 Å². The number of carbonyl (C=O) groups excluding carboxylic acids is 2. The van der Waals surface area contributed by atoms with Crippen molar-refractivity contribution in [1.82, 2.24) is 4.90 Å². The van der Waals surface area contributed by atoms with Crippen molar-refractivity contribution in [2.24, 2.45) is 0 Å². The summed E-state index contributed by atoms with van der Waals surface area (Å²) in [6.45, 7) is 0.112. The quantitative estimate of drug-likeness (QED) is 0.614. The van der Waals surface area contributed by atoms with Gasteiger partial charge in [0, 0.05) is 11.1 Å². The van der Waals surface area contributed by atoms with Gasteiger partial charge in [0.25, 0.3) is 11.1 Å². The molecule has 140 valence electrons. The lowest BCUT2D eigenvalue weighted by Gasteiger charge is -2.13. The number of halogens is 2. The lowest BCUT2D eigenvalue weighted by molar-refractivity contribution is -0.123. The summed E-state index contributed by atoms with van der Waals surface area (Å²) in [6, 6.07) is 10.3. The van der Waals surface area contributed by atoms with Gasteiger partial charge >= 0.3 is 0 Å². The highest BCUT2D eigenvalue weighted by Crippen LogP contribution is 2.38. The third-order valence-corrected chi connectivity index (χ3v) is 5.55. The van der Waals surface area contributed by atoms with Crippen LogP contribution in [-0.4, -0.2) is 30.3 Å². The molecule has 2 aromatic carbocycles. The zero-order chi connectivity index (χ0) is 19.6. The largest absolute Gasteiger partial charge is 0.493 e. The highest BCUT2D eigenvalue weighted by molar-refractivity contribution is 8.18. The molecule has 2 amide bonds. The molecule has 0 aliphatic carbocycles. The molecule has 2 aromatic rings. The Balaban J connectivity index is 1.90. The molecule has 0 atom stereocenters. The van der Waals surface area contributed by atoms with Gasteiger partial charge in [-0.15, -0.1) is 0 Å². The number of imide groups is 1. The van der Waals surface area contributed by atoms with Crippen molar-refractivity contribution in [3.8, 4) is 11.5 Å². The summed E-state index contributed by atoms with van der Waals surface area (Å²) >= 11 is 13.3. The van der Waals surface area contributed by atoms with E-state index in [9.17, 15) is 9.59 Å². The molecule has 0 bridgehead atoms. The Bertz CT molecular complexity index is 945. The van der Waals surface area contributed by atoms with Gasteiger partial charge in [-0.2, -0.15) is 0 Å². The highest BCUT2D eigenvalue weighted by Gasteiger charge is 2.35. The van der Waals surface area contributed by atoms with Crippen LogP contribution in [0.15, 0.2) is 41.3 Å². The Hall–Kier alpha value is -2.15. The van der Waals surface area contributed by atoms with Crippen LogP contribution in [0.3, 0.4) is 0 Å². The Morgan fingerprint density at radius 3 is 2.37 bits per heavy atom. The molecule has 0 N–H and O–H groups in total. The van der Waals surface area contributed by atoms with Gasteiger partial charge in [-0.05, 0) is 41.1 Å². The van der Waals surface area contributed by atoms with E-state index in [-0.39, 0.29) is 16.7 Å². The molecule has 1 aliphatic heterocycles. The maximum absolute atomic E-state index is 12.7. The smallest absolute Gasteiger partial charge is 0.293 e. The molecular formula is C19H15Cl2NO4S. The average molecular weight is 424 g/mol. The number of carbonyl (C=O) groups is 2. The van der Waals surface area contributed by atoms with Crippen LogP contribution < -0.4 is 9.47 Å². The Morgan fingerprint density at radius 1 is 1.04 bits per heavy atom. The molecule has 0 unspecified atom stereocenters. The number of methoxy groups -OCH3 is 2. The SMILES string of the molecule is COc1cc(Cl)c(/C=C2\SC(=O)N(Cc3ccccc3Cl)C2=O)cc1OC. The molecule has 1 heterocycles. The van der Waals surface area contributed by atoms with E-state index < -0.39 is 5.91 Å². The number of amides is 2. The van der Waals surface area contributed by atoms with E-state index in [0.717, 1.165) is 16.7 Å². The van der Waals surface area contributed by atoms with Crippen molar-refractivity contribution in [2.75, 3.05) is 14.2 Å². The average Bonchev–Trinajstić information content (AvgIpc) is 2.92. The van der Waals surface area contributed by atoms with E-state index in [0.29, 0.717) is 32.7 Å². The summed E-state index contributed by atoms with van der Waals surface area (Å²) < 4.78 is 10.5. The van der Waals surface area contributed by atoms with Crippen molar-refractivity contribution in [2.45, 2.75) is 6.54 Å². The summed E-state index contributed by atoms with van der Waals surface area (Å²) in [5, 5.41) is 0.525. The fourth-order valence-corrected chi connectivity index (χ4v) is 3.79. The maximum atomic E-state index is 12.7. The maximum Gasteiger partial charge on any atom is 0.293 e. The fourth-order valence-electron chi connectivity index (χ4n) is 2.56. The number of thioether (sulfide) groups is 1. The number of benzene rings is 2. The summed E-state index contributed by atoms with van der Waals surface area (Å²) in [5.41, 5.74) is 1.25. The molecule has 5 nitrogen and oxygen atoms in total. The zero-order valence-electron chi connectivity index (χ0n) is 14.5. The standard InChI is InChI=1S/C19H15Cl2NO4S/c1-25-15-7-12(14(21)9-16(15)26-2)8-17-18(23)22(19(24)27-17)10-11-5-3-4-6-13(11)20/h3-9H,10H2,1-2H3/b17-8-. The van der Waals surface area contributed by atoms with Crippen molar-refractivity contribution in [1.29, 1.82) is 0 Å². The topological polar surface area (TPSA) is 55.8 Å². The van der Waals surface area contributed by atoms with Gasteiger partial charge in [-0.1, -0.05) is 41.4 Å². The van der Waals surface area contributed by atoms with Crippen LogP contribution >= 0.6 is 35.0 Å². The van der Waals surface area contributed by atoms with Gasteiger partial charge in [0.2, 0.25) is 0 Å². The first-order valence-corrected chi connectivity index (χ1v) is 9.42. The van der Waals surface area contributed by atoms with E-state index in [1.54, 1.807) is 42.5 Å². The van der Waals surface area contributed by atoms with E-state index in [4.69, 9.17) is 32.7 Å². The number of hydrogen-bond donors (Lipinski definition) is 0. The number of ether oxygens (including phenoxy) is 2. The molecular weight excluding hydrogens is 409 g/mol. The summed E-state index contributed by atoms with van der Waals surface area (Å²) in [6.07, 6.45) is 1.57. The lowest BCUT2D eigenvalue weighted by atomic mass is 10.1. The van der Waals surface area contributed by atoms with Gasteiger partial charge in [0.15, 0.2) is 11.5 Å². The summed E-state index contributed by atoms with van der Waals surface area (Å²) in [5.74, 6) is 0.561. The minimum Gasteiger partial charge on any atom is -0.493 e. The molecule has 1 fully saturated rings. The van der Waals surface area contributed by atoms with Gasteiger partial charge in [-0.3, -0.25) is 14.5 Å². The zero-order valence-corrected chi connectivity index (χ0v) is 16.8.